The quantitative estimate of drug-likeness (QED) is 0.0245. The van der Waals surface area contributed by atoms with E-state index in [0.717, 1.165) is 103 Å². The maximum absolute atomic E-state index is 13.2. The van der Waals surface area contributed by atoms with Crippen LogP contribution in [0.3, 0.4) is 0 Å². The third-order valence-corrected chi connectivity index (χ3v) is 11.3. The number of aliphatic hydroxyl groups is 2. The van der Waals surface area contributed by atoms with Crippen molar-refractivity contribution < 1.29 is 24.5 Å². The molecule has 6 nitrogen and oxygen atoms in total. The smallest absolute Gasteiger partial charge is 0.306 e. The Balaban J connectivity index is 4.57. The number of carbonyl (C=O) groups excluding carboxylic acids is 2. The third-order valence-electron chi connectivity index (χ3n) is 11.3. The Bertz CT molecular complexity index is 1140. The van der Waals surface area contributed by atoms with Gasteiger partial charge in [0.2, 0.25) is 5.91 Å². The van der Waals surface area contributed by atoms with Gasteiger partial charge in [-0.05, 0) is 77.0 Å². The van der Waals surface area contributed by atoms with Crippen LogP contribution >= 0.6 is 0 Å². The number of hydrogen-bond donors (Lipinski definition) is 3. The van der Waals surface area contributed by atoms with Crippen LogP contribution in [0.25, 0.3) is 0 Å². The van der Waals surface area contributed by atoms with Gasteiger partial charge in [0, 0.05) is 6.42 Å². The Morgan fingerprint density at radius 3 is 1.54 bits per heavy atom. The molecule has 0 rings (SSSR count). The zero-order valence-electron chi connectivity index (χ0n) is 40.0. The highest BCUT2D eigenvalue weighted by Crippen LogP contribution is 2.17. The van der Waals surface area contributed by atoms with Crippen LogP contribution in [0.4, 0.5) is 0 Å². The molecule has 0 aromatic rings. The predicted octanol–water partition coefficient (Wildman–Crippen LogP) is 15.4. The Morgan fingerprint density at radius 2 is 0.967 bits per heavy atom. The molecule has 352 valence electrons. The molecule has 3 unspecified atom stereocenters. The first-order valence-electron chi connectivity index (χ1n) is 25.7. The molecule has 0 aromatic carbocycles. The van der Waals surface area contributed by atoms with Crippen molar-refractivity contribution in [2.24, 2.45) is 0 Å². The number of nitrogens with one attached hydrogen (secondary N) is 1. The summed E-state index contributed by atoms with van der Waals surface area (Å²) in [6.45, 7) is 6.22. The van der Waals surface area contributed by atoms with E-state index in [2.05, 4.69) is 99.0 Å². The van der Waals surface area contributed by atoms with Crippen molar-refractivity contribution in [3.63, 3.8) is 0 Å². The standard InChI is InChI=1S/C55H97NO5/c1-4-7-10-13-16-19-22-25-26-27-28-30-32-35-38-41-44-47-53(58)52(50-57)56-54(59)49-51(46-43-40-37-34-31-24-21-18-15-12-9-6-3)61-55(60)48-45-42-39-36-33-29-23-20-17-14-11-8-5-2/h8-9,11-12,14,17-18,20-21,23,31,34,51-53,57-58H,4-7,10,13,15-16,19,22,24-30,32-33,35-50H2,1-3H3,(H,56,59)/b11-8+,12-9+,17-14+,21-18+,23-20-,34-31+. The summed E-state index contributed by atoms with van der Waals surface area (Å²) in [4.78, 5) is 26.1. The fourth-order valence-corrected chi connectivity index (χ4v) is 7.50. The number of ether oxygens (including phenoxy) is 1. The van der Waals surface area contributed by atoms with Crippen LogP contribution in [0, 0.1) is 0 Å². The summed E-state index contributed by atoms with van der Waals surface area (Å²) in [5.74, 6) is -0.539. The van der Waals surface area contributed by atoms with E-state index >= 15 is 0 Å². The second kappa shape index (κ2) is 48.3. The minimum absolute atomic E-state index is 0.0405. The molecule has 0 bridgehead atoms. The molecular weight excluding hydrogens is 755 g/mol. The van der Waals surface area contributed by atoms with E-state index in [1.165, 1.54) is 89.9 Å². The number of amides is 1. The maximum atomic E-state index is 13.2. The summed E-state index contributed by atoms with van der Waals surface area (Å²) in [7, 11) is 0. The molecule has 0 fully saturated rings. The SMILES string of the molecule is CC/C=C/C=C/C=C\CCCCCCCC(=O)OC(CCCC/C=C/C/C=C/C/C=C/CC)CC(=O)NC(CO)C(O)CCCCCCCCCCCCCCCCCCC. The lowest BCUT2D eigenvalue weighted by molar-refractivity contribution is -0.151. The monoisotopic (exact) mass is 852 g/mol. The second-order valence-electron chi connectivity index (χ2n) is 17.2. The normalized spacial score (nSPS) is 13.9. The molecule has 0 saturated heterocycles. The zero-order chi connectivity index (χ0) is 44.5. The average Bonchev–Trinajstić information content (AvgIpc) is 3.25. The number of carbonyl (C=O) groups is 2. The van der Waals surface area contributed by atoms with Gasteiger partial charge in [0.25, 0.3) is 0 Å². The first-order valence-corrected chi connectivity index (χ1v) is 25.7. The minimum atomic E-state index is -0.804. The van der Waals surface area contributed by atoms with Gasteiger partial charge in [0.15, 0.2) is 0 Å². The summed E-state index contributed by atoms with van der Waals surface area (Å²) >= 11 is 0. The summed E-state index contributed by atoms with van der Waals surface area (Å²) in [5, 5.41) is 23.8. The molecule has 0 radical (unpaired) electrons. The number of rotatable bonds is 45. The van der Waals surface area contributed by atoms with E-state index in [-0.39, 0.29) is 24.9 Å². The highest BCUT2D eigenvalue weighted by molar-refractivity contribution is 5.77. The first kappa shape index (κ1) is 58.3. The van der Waals surface area contributed by atoms with Gasteiger partial charge < -0.3 is 20.3 Å². The molecule has 0 aliphatic rings. The van der Waals surface area contributed by atoms with E-state index in [1.807, 2.05) is 0 Å². The fraction of sp³-hybridized carbons (Fsp3) is 0.745. The second-order valence-corrected chi connectivity index (χ2v) is 17.2. The van der Waals surface area contributed by atoms with Crippen LogP contribution in [0.1, 0.15) is 239 Å². The lowest BCUT2D eigenvalue weighted by atomic mass is 10.0. The zero-order valence-corrected chi connectivity index (χ0v) is 40.0. The lowest BCUT2D eigenvalue weighted by Gasteiger charge is -2.24. The average molecular weight is 852 g/mol. The van der Waals surface area contributed by atoms with Crippen molar-refractivity contribution in [3.8, 4) is 0 Å². The summed E-state index contributed by atoms with van der Waals surface area (Å²) in [6.07, 6.45) is 61.1. The van der Waals surface area contributed by atoms with Crippen molar-refractivity contribution in [2.75, 3.05) is 6.61 Å². The molecule has 3 N–H and O–H groups in total. The van der Waals surface area contributed by atoms with Gasteiger partial charge in [-0.15, -0.1) is 0 Å². The third kappa shape index (κ3) is 43.7. The van der Waals surface area contributed by atoms with Crippen LogP contribution in [-0.2, 0) is 14.3 Å². The molecule has 3 atom stereocenters. The lowest BCUT2D eigenvalue weighted by Crippen LogP contribution is -2.46. The minimum Gasteiger partial charge on any atom is -0.462 e. The molecule has 1 amide bonds. The van der Waals surface area contributed by atoms with Gasteiger partial charge in [-0.25, -0.2) is 0 Å². The molecule has 0 aliphatic carbocycles. The van der Waals surface area contributed by atoms with Gasteiger partial charge in [0.05, 0.1) is 25.2 Å². The molecule has 0 aliphatic heterocycles. The van der Waals surface area contributed by atoms with E-state index in [9.17, 15) is 19.8 Å². The highest BCUT2D eigenvalue weighted by Gasteiger charge is 2.24. The summed E-state index contributed by atoms with van der Waals surface area (Å²) in [5.41, 5.74) is 0. The number of unbranched alkanes of at least 4 members (excludes halogenated alkanes) is 23. The number of hydrogen-bond acceptors (Lipinski definition) is 5. The van der Waals surface area contributed by atoms with Crippen molar-refractivity contribution in [1.29, 1.82) is 0 Å². The summed E-state index contributed by atoms with van der Waals surface area (Å²) < 4.78 is 5.89. The fourth-order valence-electron chi connectivity index (χ4n) is 7.50. The van der Waals surface area contributed by atoms with Gasteiger partial charge >= 0.3 is 5.97 Å². The molecule has 61 heavy (non-hydrogen) atoms. The van der Waals surface area contributed by atoms with E-state index in [0.29, 0.717) is 19.3 Å². The van der Waals surface area contributed by atoms with Gasteiger partial charge in [-0.1, -0.05) is 222 Å². The van der Waals surface area contributed by atoms with Crippen molar-refractivity contribution in [1.82, 2.24) is 5.32 Å². The molecule has 6 heteroatoms. The maximum Gasteiger partial charge on any atom is 0.306 e. The van der Waals surface area contributed by atoms with Crippen molar-refractivity contribution >= 4 is 11.9 Å². The Labute approximate surface area is 377 Å². The van der Waals surface area contributed by atoms with Crippen molar-refractivity contribution in [2.45, 2.75) is 257 Å². The molecule has 0 spiro atoms. The van der Waals surface area contributed by atoms with Crippen LogP contribution in [0.15, 0.2) is 72.9 Å². The number of aliphatic hydroxyl groups excluding tert-OH is 2. The van der Waals surface area contributed by atoms with Crippen LogP contribution in [0.5, 0.6) is 0 Å². The Kier molecular flexibility index (Phi) is 46.2. The topological polar surface area (TPSA) is 95.9 Å². The van der Waals surface area contributed by atoms with Crippen LogP contribution < -0.4 is 5.32 Å². The first-order chi connectivity index (χ1) is 30.0. The molecule has 0 heterocycles. The van der Waals surface area contributed by atoms with E-state index in [4.69, 9.17) is 4.74 Å². The van der Waals surface area contributed by atoms with E-state index < -0.39 is 18.2 Å². The highest BCUT2D eigenvalue weighted by atomic mass is 16.5. The van der Waals surface area contributed by atoms with Crippen LogP contribution in [-0.4, -0.2) is 46.9 Å². The number of allylic oxidation sites excluding steroid dienone is 12. The molecule has 0 saturated carbocycles. The van der Waals surface area contributed by atoms with Gasteiger partial charge in [-0.3, -0.25) is 9.59 Å². The van der Waals surface area contributed by atoms with Crippen molar-refractivity contribution in [3.05, 3.63) is 72.9 Å². The Morgan fingerprint density at radius 1 is 0.508 bits per heavy atom. The van der Waals surface area contributed by atoms with Gasteiger partial charge in [-0.2, -0.15) is 0 Å². The molecular formula is C55H97NO5. The van der Waals surface area contributed by atoms with Crippen LogP contribution in [0.2, 0.25) is 0 Å². The molecule has 0 aromatic heterocycles. The van der Waals surface area contributed by atoms with Gasteiger partial charge in [0.1, 0.15) is 6.10 Å². The number of esters is 1. The Hall–Kier alpha value is -2.70. The summed E-state index contributed by atoms with van der Waals surface area (Å²) in [6, 6.07) is -0.721. The largest absolute Gasteiger partial charge is 0.462 e. The predicted molar refractivity (Wildman–Crippen MR) is 264 cm³/mol. The van der Waals surface area contributed by atoms with E-state index in [1.54, 1.807) is 0 Å².